The van der Waals surface area contributed by atoms with Crippen LogP contribution in [0.2, 0.25) is 0 Å². The second kappa shape index (κ2) is 6.38. The highest BCUT2D eigenvalue weighted by atomic mass is 16.5. The monoisotopic (exact) mass is 307 g/mol. The predicted molar refractivity (Wildman–Crippen MR) is 81.2 cm³/mol. The number of hydrogen-bond acceptors (Lipinski definition) is 4. The molecule has 1 aromatic rings. The molecule has 1 saturated heterocycles. The third kappa shape index (κ3) is 2.90. The van der Waals surface area contributed by atoms with Crippen LogP contribution in [-0.4, -0.2) is 56.9 Å². The first kappa shape index (κ1) is 15.5. The number of amides is 1. The highest BCUT2D eigenvalue weighted by Crippen LogP contribution is 2.42. The van der Waals surface area contributed by atoms with E-state index >= 15 is 0 Å². The van der Waals surface area contributed by atoms with Gasteiger partial charge in [-0.15, -0.1) is 0 Å². The molecule has 0 radical (unpaired) electrons. The standard InChI is InChI=1S/C16H25N3O3/c1-22-16-5-4-13(20)11-14(16)19(9-6-16)15(21)3-2-8-18-10-7-17-12-18/h7,10,12-14,20H,2-6,8-9,11H2,1H3/t13-,14-,16+/m0/s1. The highest BCUT2D eigenvalue weighted by molar-refractivity contribution is 5.77. The maximum atomic E-state index is 12.6. The molecule has 2 aliphatic rings. The first-order valence-corrected chi connectivity index (χ1v) is 8.13. The van der Waals surface area contributed by atoms with Crippen LogP contribution >= 0.6 is 0 Å². The molecule has 6 nitrogen and oxygen atoms in total. The first-order chi connectivity index (χ1) is 10.6. The summed E-state index contributed by atoms with van der Waals surface area (Å²) >= 11 is 0. The van der Waals surface area contributed by atoms with E-state index in [1.165, 1.54) is 0 Å². The SMILES string of the molecule is CO[C@@]12CC[C@H](O)C[C@@H]1N(C(=O)CCCn1ccnc1)CC2. The second-order valence-corrected chi connectivity index (χ2v) is 6.45. The number of nitrogens with zero attached hydrogens (tertiary/aromatic N) is 3. The molecule has 1 aromatic heterocycles. The van der Waals surface area contributed by atoms with Gasteiger partial charge < -0.3 is 19.3 Å². The van der Waals surface area contributed by atoms with E-state index < -0.39 is 0 Å². The van der Waals surface area contributed by atoms with E-state index in [1.54, 1.807) is 19.6 Å². The van der Waals surface area contributed by atoms with Crippen LogP contribution in [0.25, 0.3) is 0 Å². The van der Waals surface area contributed by atoms with Crippen molar-refractivity contribution in [1.29, 1.82) is 0 Å². The van der Waals surface area contributed by atoms with E-state index in [2.05, 4.69) is 4.98 Å². The third-order valence-electron chi connectivity index (χ3n) is 5.25. The van der Waals surface area contributed by atoms with Crippen molar-refractivity contribution in [2.75, 3.05) is 13.7 Å². The minimum atomic E-state index is -0.312. The first-order valence-electron chi connectivity index (χ1n) is 8.13. The molecule has 1 N–H and O–H groups in total. The molecule has 1 aliphatic heterocycles. The van der Waals surface area contributed by atoms with Crippen molar-refractivity contribution in [3.63, 3.8) is 0 Å². The molecular weight excluding hydrogens is 282 g/mol. The molecule has 6 heteroatoms. The maximum Gasteiger partial charge on any atom is 0.222 e. The van der Waals surface area contributed by atoms with Gasteiger partial charge in [0, 0.05) is 39.0 Å². The van der Waals surface area contributed by atoms with Crippen molar-refractivity contribution in [2.24, 2.45) is 0 Å². The summed E-state index contributed by atoms with van der Waals surface area (Å²) in [6.45, 7) is 1.55. The van der Waals surface area contributed by atoms with Crippen molar-refractivity contribution in [1.82, 2.24) is 14.5 Å². The van der Waals surface area contributed by atoms with E-state index in [-0.39, 0.29) is 23.7 Å². The van der Waals surface area contributed by atoms with Crippen LogP contribution in [0.15, 0.2) is 18.7 Å². The Morgan fingerprint density at radius 1 is 1.50 bits per heavy atom. The molecular formula is C16H25N3O3. The van der Waals surface area contributed by atoms with Crippen LogP contribution in [0.4, 0.5) is 0 Å². The lowest BCUT2D eigenvalue weighted by Gasteiger charge is -2.42. The number of hydrogen-bond donors (Lipinski definition) is 1. The lowest BCUT2D eigenvalue weighted by atomic mass is 9.79. The molecule has 3 atom stereocenters. The fraction of sp³-hybridized carbons (Fsp3) is 0.750. The summed E-state index contributed by atoms with van der Waals surface area (Å²) in [5.41, 5.74) is -0.237. The fourth-order valence-electron chi connectivity index (χ4n) is 3.95. The maximum absolute atomic E-state index is 12.6. The number of aryl methyl sites for hydroxylation is 1. The van der Waals surface area contributed by atoms with Crippen LogP contribution < -0.4 is 0 Å². The molecule has 0 unspecified atom stereocenters. The summed E-state index contributed by atoms with van der Waals surface area (Å²) in [6, 6.07) is 0.0296. The Morgan fingerprint density at radius 2 is 2.36 bits per heavy atom. The predicted octanol–water partition coefficient (Wildman–Crippen LogP) is 1.19. The number of fused-ring (bicyclic) bond motifs is 1. The van der Waals surface area contributed by atoms with Gasteiger partial charge >= 0.3 is 0 Å². The number of aliphatic hydroxyl groups excluding tert-OH is 1. The Balaban J connectivity index is 1.58. The van der Waals surface area contributed by atoms with Gasteiger partial charge in [-0.3, -0.25) is 4.79 Å². The minimum Gasteiger partial charge on any atom is -0.393 e. The smallest absolute Gasteiger partial charge is 0.222 e. The topological polar surface area (TPSA) is 67.6 Å². The van der Waals surface area contributed by atoms with Crippen molar-refractivity contribution < 1.29 is 14.6 Å². The number of ether oxygens (including phenoxy) is 1. The zero-order chi connectivity index (χ0) is 15.6. The summed E-state index contributed by atoms with van der Waals surface area (Å²) in [5.74, 6) is 0.179. The van der Waals surface area contributed by atoms with Crippen molar-refractivity contribution in [3.8, 4) is 0 Å². The zero-order valence-electron chi connectivity index (χ0n) is 13.1. The van der Waals surface area contributed by atoms with Gasteiger partial charge in [-0.05, 0) is 32.1 Å². The van der Waals surface area contributed by atoms with Crippen molar-refractivity contribution in [3.05, 3.63) is 18.7 Å². The Morgan fingerprint density at radius 3 is 3.09 bits per heavy atom. The van der Waals surface area contributed by atoms with Crippen LogP contribution in [-0.2, 0) is 16.1 Å². The molecule has 22 heavy (non-hydrogen) atoms. The highest BCUT2D eigenvalue weighted by Gasteiger charge is 2.52. The molecule has 0 aromatic carbocycles. The number of aliphatic hydroxyl groups is 1. The zero-order valence-corrected chi connectivity index (χ0v) is 13.1. The van der Waals surface area contributed by atoms with Crippen molar-refractivity contribution >= 4 is 5.91 Å². The molecule has 1 amide bonds. The molecule has 0 spiro atoms. The van der Waals surface area contributed by atoms with Gasteiger partial charge in [0.1, 0.15) is 0 Å². The van der Waals surface area contributed by atoms with Crippen LogP contribution in [0.5, 0.6) is 0 Å². The van der Waals surface area contributed by atoms with E-state index in [1.807, 2.05) is 15.7 Å². The lowest BCUT2D eigenvalue weighted by Crippen LogP contribution is -2.52. The van der Waals surface area contributed by atoms with E-state index in [4.69, 9.17) is 4.74 Å². The molecule has 2 heterocycles. The Labute approximate surface area is 131 Å². The summed E-state index contributed by atoms with van der Waals surface area (Å²) in [4.78, 5) is 18.5. The molecule has 3 rings (SSSR count). The minimum absolute atomic E-state index is 0.0296. The number of imidazole rings is 1. The van der Waals surface area contributed by atoms with Crippen LogP contribution in [0.3, 0.4) is 0 Å². The average molecular weight is 307 g/mol. The largest absolute Gasteiger partial charge is 0.393 e. The number of likely N-dealkylation sites (tertiary alicyclic amines) is 1. The molecule has 1 saturated carbocycles. The quantitative estimate of drug-likeness (QED) is 0.887. The molecule has 1 aliphatic carbocycles. The average Bonchev–Trinajstić information content (AvgIpc) is 3.15. The number of carbonyl (C=O) groups is 1. The van der Waals surface area contributed by atoms with E-state index in [0.29, 0.717) is 12.8 Å². The summed E-state index contributed by atoms with van der Waals surface area (Å²) < 4.78 is 7.76. The molecule has 2 fully saturated rings. The van der Waals surface area contributed by atoms with E-state index in [0.717, 1.165) is 38.8 Å². The number of aromatic nitrogens is 2. The Hall–Kier alpha value is -1.40. The number of carbonyl (C=O) groups excluding carboxylic acids is 1. The van der Waals surface area contributed by atoms with Crippen molar-refractivity contribution in [2.45, 2.75) is 62.8 Å². The number of methoxy groups -OCH3 is 1. The molecule has 122 valence electrons. The van der Waals surface area contributed by atoms with Gasteiger partial charge in [-0.25, -0.2) is 4.98 Å². The summed E-state index contributed by atoms with van der Waals surface area (Å²) in [6.07, 6.45) is 9.59. The Bertz CT molecular complexity index is 505. The van der Waals surface area contributed by atoms with Crippen LogP contribution in [0, 0.1) is 0 Å². The van der Waals surface area contributed by atoms with Gasteiger partial charge in [0.15, 0.2) is 0 Å². The van der Waals surface area contributed by atoms with Gasteiger partial charge in [0.25, 0.3) is 0 Å². The second-order valence-electron chi connectivity index (χ2n) is 6.45. The summed E-state index contributed by atoms with van der Waals surface area (Å²) in [5, 5.41) is 9.96. The fourth-order valence-corrected chi connectivity index (χ4v) is 3.95. The van der Waals surface area contributed by atoms with Gasteiger partial charge in [0.05, 0.1) is 24.1 Å². The Kier molecular flexibility index (Phi) is 4.49. The lowest BCUT2D eigenvalue weighted by molar-refractivity contribution is -0.140. The third-order valence-corrected chi connectivity index (χ3v) is 5.25. The van der Waals surface area contributed by atoms with Gasteiger partial charge in [-0.2, -0.15) is 0 Å². The van der Waals surface area contributed by atoms with Crippen LogP contribution in [0.1, 0.15) is 38.5 Å². The summed E-state index contributed by atoms with van der Waals surface area (Å²) in [7, 11) is 1.73. The normalized spacial score (nSPS) is 31.3. The van der Waals surface area contributed by atoms with Gasteiger partial charge in [0.2, 0.25) is 5.91 Å². The van der Waals surface area contributed by atoms with E-state index in [9.17, 15) is 9.90 Å². The molecule has 0 bridgehead atoms. The number of rotatable bonds is 5. The van der Waals surface area contributed by atoms with Gasteiger partial charge in [-0.1, -0.05) is 0 Å².